The average Bonchev–Trinajstić information content (AvgIpc) is 2.18. The van der Waals surface area contributed by atoms with Crippen LogP contribution < -0.4 is 5.73 Å². The lowest BCUT2D eigenvalue weighted by Crippen LogP contribution is -2.47. The van der Waals surface area contributed by atoms with Crippen molar-refractivity contribution < 1.29 is 0 Å². The van der Waals surface area contributed by atoms with Crippen LogP contribution in [0.3, 0.4) is 0 Å². The molecule has 0 spiro atoms. The van der Waals surface area contributed by atoms with Crippen molar-refractivity contribution in [3.63, 3.8) is 0 Å². The van der Waals surface area contributed by atoms with Crippen molar-refractivity contribution in [2.24, 2.45) is 23.5 Å². The minimum atomic E-state index is 0.451. The van der Waals surface area contributed by atoms with E-state index in [9.17, 15) is 0 Å². The zero-order chi connectivity index (χ0) is 12.4. The van der Waals surface area contributed by atoms with Crippen molar-refractivity contribution in [3.05, 3.63) is 0 Å². The van der Waals surface area contributed by atoms with Crippen molar-refractivity contribution in [1.82, 2.24) is 4.90 Å². The normalized spacial score (nSPS) is 35.3. The lowest BCUT2D eigenvalue weighted by Gasteiger charge is -2.41. The Labute approximate surface area is 107 Å². The quantitative estimate of drug-likeness (QED) is 0.816. The molecule has 0 radical (unpaired) electrons. The highest BCUT2D eigenvalue weighted by Gasteiger charge is 2.32. The third-order valence-electron chi connectivity index (χ3n) is 5.25. The Bertz CT molecular complexity index is 235. The van der Waals surface area contributed by atoms with Crippen molar-refractivity contribution >= 4 is 0 Å². The van der Waals surface area contributed by atoms with Crippen molar-refractivity contribution in [3.8, 4) is 0 Å². The first-order valence-electron chi connectivity index (χ1n) is 7.53. The molecule has 0 amide bonds. The van der Waals surface area contributed by atoms with Crippen LogP contribution in [0, 0.1) is 17.8 Å². The van der Waals surface area contributed by atoms with E-state index in [1.54, 1.807) is 0 Å². The maximum Gasteiger partial charge on any atom is 0.00923 e. The molecule has 0 aromatic heterocycles. The van der Waals surface area contributed by atoms with E-state index in [1.165, 1.54) is 45.1 Å². The molecular weight excluding hydrogens is 208 g/mol. The first-order chi connectivity index (χ1) is 8.08. The molecule has 3 atom stereocenters. The Hall–Kier alpha value is -0.0800. The number of rotatable bonds is 4. The van der Waals surface area contributed by atoms with Crippen molar-refractivity contribution in [1.29, 1.82) is 0 Å². The summed E-state index contributed by atoms with van der Waals surface area (Å²) in [5.41, 5.74) is 6.32. The van der Waals surface area contributed by atoms with Crippen LogP contribution in [0.1, 0.15) is 52.4 Å². The Morgan fingerprint density at radius 3 is 2.41 bits per heavy atom. The minimum Gasteiger partial charge on any atom is -0.327 e. The second-order valence-electron chi connectivity index (χ2n) is 6.77. The van der Waals surface area contributed by atoms with Crippen LogP contribution in [-0.4, -0.2) is 30.6 Å². The first-order valence-corrected chi connectivity index (χ1v) is 7.53. The van der Waals surface area contributed by atoms with Crippen LogP contribution in [0.2, 0.25) is 0 Å². The smallest absolute Gasteiger partial charge is 0.00923 e. The van der Waals surface area contributed by atoms with E-state index in [0.717, 1.165) is 23.8 Å². The van der Waals surface area contributed by atoms with Crippen LogP contribution >= 0.6 is 0 Å². The SMILES string of the molecule is CC(C)C1CCC(N)C(CN(C)C2CCC2)C1. The summed E-state index contributed by atoms with van der Waals surface area (Å²) in [7, 11) is 2.30. The highest BCUT2D eigenvalue weighted by atomic mass is 15.1. The van der Waals surface area contributed by atoms with Gasteiger partial charge < -0.3 is 10.6 Å². The van der Waals surface area contributed by atoms with Gasteiger partial charge in [0.05, 0.1) is 0 Å². The van der Waals surface area contributed by atoms with Crippen LogP contribution in [0.25, 0.3) is 0 Å². The maximum absolute atomic E-state index is 6.32. The molecule has 0 bridgehead atoms. The molecule has 2 heteroatoms. The summed E-state index contributed by atoms with van der Waals surface area (Å²) in [6.45, 7) is 5.97. The molecule has 2 aliphatic carbocycles. The van der Waals surface area contributed by atoms with Gasteiger partial charge in [-0.3, -0.25) is 0 Å². The van der Waals surface area contributed by atoms with Gasteiger partial charge in [0.25, 0.3) is 0 Å². The molecule has 0 saturated heterocycles. The van der Waals surface area contributed by atoms with Gasteiger partial charge in [0, 0.05) is 18.6 Å². The van der Waals surface area contributed by atoms with E-state index < -0.39 is 0 Å². The van der Waals surface area contributed by atoms with Gasteiger partial charge in [-0.15, -0.1) is 0 Å². The topological polar surface area (TPSA) is 29.3 Å². The fourth-order valence-corrected chi connectivity index (χ4v) is 3.49. The van der Waals surface area contributed by atoms with E-state index in [2.05, 4.69) is 25.8 Å². The summed E-state index contributed by atoms with van der Waals surface area (Å²) in [4.78, 5) is 2.58. The summed E-state index contributed by atoms with van der Waals surface area (Å²) < 4.78 is 0. The molecule has 0 aromatic carbocycles. The number of nitrogens with two attached hydrogens (primary N) is 1. The zero-order valence-corrected chi connectivity index (χ0v) is 11.9. The van der Waals surface area contributed by atoms with Crippen molar-refractivity contribution in [2.45, 2.75) is 64.5 Å². The molecule has 0 aliphatic heterocycles. The molecular formula is C15H30N2. The van der Waals surface area contributed by atoms with Gasteiger partial charge in [0.2, 0.25) is 0 Å². The molecule has 2 fully saturated rings. The summed E-state index contributed by atoms with van der Waals surface area (Å²) in [6.07, 6.45) is 8.20. The predicted molar refractivity (Wildman–Crippen MR) is 73.9 cm³/mol. The highest BCUT2D eigenvalue weighted by molar-refractivity contribution is 4.87. The average molecular weight is 238 g/mol. The molecule has 3 unspecified atom stereocenters. The predicted octanol–water partition coefficient (Wildman–Crippen LogP) is 2.87. The van der Waals surface area contributed by atoms with Gasteiger partial charge in [-0.1, -0.05) is 20.3 Å². The Balaban J connectivity index is 1.84. The van der Waals surface area contributed by atoms with Gasteiger partial charge in [-0.25, -0.2) is 0 Å². The monoisotopic (exact) mass is 238 g/mol. The van der Waals surface area contributed by atoms with E-state index in [4.69, 9.17) is 5.73 Å². The fourth-order valence-electron chi connectivity index (χ4n) is 3.49. The lowest BCUT2D eigenvalue weighted by molar-refractivity contribution is 0.0971. The largest absolute Gasteiger partial charge is 0.327 e. The third kappa shape index (κ3) is 3.23. The number of hydrogen-bond donors (Lipinski definition) is 1. The van der Waals surface area contributed by atoms with Crippen LogP contribution in [0.15, 0.2) is 0 Å². The summed E-state index contributed by atoms with van der Waals surface area (Å²) >= 11 is 0. The Kier molecular flexibility index (Phi) is 4.48. The number of nitrogens with zero attached hydrogens (tertiary/aromatic N) is 1. The summed E-state index contributed by atoms with van der Waals surface area (Å²) in [6, 6.07) is 1.31. The maximum atomic E-state index is 6.32. The van der Waals surface area contributed by atoms with Crippen molar-refractivity contribution in [2.75, 3.05) is 13.6 Å². The molecule has 2 saturated carbocycles. The Morgan fingerprint density at radius 2 is 1.88 bits per heavy atom. The summed E-state index contributed by atoms with van der Waals surface area (Å²) in [5, 5.41) is 0. The van der Waals surface area contributed by atoms with Crippen LogP contribution in [-0.2, 0) is 0 Å². The van der Waals surface area contributed by atoms with E-state index >= 15 is 0 Å². The second-order valence-corrected chi connectivity index (χ2v) is 6.77. The van der Waals surface area contributed by atoms with Gasteiger partial charge in [0.15, 0.2) is 0 Å². The van der Waals surface area contributed by atoms with Gasteiger partial charge in [0.1, 0.15) is 0 Å². The standard InChI is InChI=1S/C15H30N2/c1-11(2)12-7-8-15(16)13(9-12)10-17(3)14-5-4-6-14/h11-15H,4-10,16H2,1-3H3. The molecule has 2 rings (SSSR count). The van der Waals surface area contributed by atoms with Gasteiger partial charge in [-0.2, -0.15) is 0 Å². The van der Waals surface area contributed by atoms with Gasteiger partial charge in [-0.05, 0) is 56.9 Å². The molecule has 2 aliphatic rings. The molecule has 0 heterocycles. The number of hydrogen-bond acceptors (Lipinski definition) is 2. The van der Waals surface area contributed by atoms with E-state index in [0.29, 0.717) is 6.04 Å². The molecule has 17 heavy (non-hydrogen) atoms. The molecule has 0 aromatic rings. The van der Waals surface area contributed by atoms with Crippen LogP contribution in [0.4, 0.5) is 0 Å². The van der Waals surface area contributed by atoms with Crippen LogP contribution in [0.5, 0.6) is 0 Å². The lowest BCUT2D eigenvalue weighted by atomic mass is 9.73. The van der Waals surface area contributed by atoms with E-state index in [1.807, 2.05) is 0 Å². The molecule has 100 valence electrons. The second kappa shape index (κ2) is 5.71. The summed E-state index contributed by atoms with van der Waals surface area (Å²) in [5.74, 6) is 2.48. The van der Waals surface area contributed by atoms with E-state index in [-0.39, 0.29) is 0 Å². The van der Waals surface area contributed by atoms with Gasteiger partial charge >= 0.3 is 0 Å². The molecule has 2 nitrogen and oxygen atoms in total. The Morgan fingerprint density at radius 1 is 1.18 bits per heavy atom. The minimum absolute atomic E-state index is 0.451. The zero-order valence-electron chi connectivity index (χ0n) is 11.9. The third-order valence-corrected chi connectivity index (χ3v) is 5.25. The fraction of sp³-hybridized carbons (Fsp3) is 1.00. The highest BCUT2D eigenvalue weighted by Crippen LogP contribution is 2.34. The molecule has 2 N–H and O–H groups in total. The first kappa shape index (κ1) is 13.4.